The Morgan fingerprint density at radius 2 is 2.17 bits per heavy atom. The van der Waals surface area contributed by atoms with Crippen LogP contribution >= 0.6 is 11.8 Å². The van der Waals surface area contributed by atoms with Gasteiger partial charge in [-0.3, -0.25) is 4.79 Å². The summed E-state index contributed by atoms with van der Waals surface area (Å²) in [5.41, 5.74) is 0.724. The second-order valence-electron chi connectivity index (χ2n) is 5.60. The number of nitrogens with zero attached hydrogens (tertiary/aromatic N) is 3. The van der Waals surface area contributed by atoms with E-state index in [1.165, 1.54) is 7.11 Å². The number of aromatic nitrogens is 4. The van der Waals surface area contributed by atoms with Crippen LogP contribution in [0.25, 0.3) is 0 Å². The molecule has 2 N–H and O–H groups in total. The number of nitrogens with one attached hydrogen (secondary N) is 2. The van der Waals surface area contributed by atoms with Crippen LogP contribution in [0.15, 0.2) is 22.2 Å². The van der Waals surface area contributed by atoms with E-state index in [1.807, 2.05) is 7.05 Å². The molecule has 0 radical (unpaired) electrons. The lowest BCUT2D eigenvalue weighted by Gasteiger charge is -2.21. The van der Waals surface area contributed by atoms with E-state index in [4.69, 9.17) is 4.74 Å². The van der Waals surface area contributed by atoms with Crippen LogP contribution in [-0.4, -0.2) is 39.9 Å². The van der Waals surface area contributed by atoms with Crippen molar-refractivity contribution >= 4 is 11.8 Å². The Balaban J connectivity index is 1.68. The van der Waals surface area contributed by atoms with Crippen molar-refractivity contribution in [2.75, 3.05) is 20.2 Å². The summed E-state index contributed by atoms with van der Waals surface area (Å²) in [5, 5.41) is 12.9. The quantitative estimate of drug-likeness (QED) is 0.801. The van der Waals surface area contributed by atoms with Crippen LogP contribution in [0.4, 0.5) is 0 Å². The smallest absolute Gasteiger partial charge is 0.223 e. The summed E-state index contributed by atoms with van der Waals surface area (Å²) in [6, 6.07) is 1.57. The van der Waals surface area contributed by atoms with E-state index in [1.54, 1.807) is 24.0 Å². The molecule has 1 saturated heterocycles. The van der Waals surface area contributed by atoms with E-state index in [9.17, 15) is 4.79 Å². The van der Waals surface area contributed by atoms with Gasteiger partial charge in [-0.2, -0.15) is 0 Å². The number of rotatable bonds is 5. The Hall–Kier alpha value is -1.80. The maximum atomic E-state index is 11.8. The van der Waals surface area contributed by atoms with Gasteiger partial charge in [0.25, 0.3) is 0 Å². The van der Waals surface area contributed by atoms with E-state index in [0.717, 1.165) is 42.6 Å². The zero-order valence-corrected chi connectivity index (χ0v) is 14.2. The molecule has 23 heavy (non-hydrogen) atoms. The van der Waals surface area contributed by atoms with Crippen molar-refractivity contribution in [3.05, 3.63) is 34.0 Å². The van der Waals surface area contributed by atoms with E-state index in [0.29, 0.717) is 17.4 Å². The van der Waals surface area contributed by atoms with Gasteiger partial charge in [-0.25, -0.2) is 0 Å². The Bertz CT molecular complexity index is 721. The highest BCUT2D eigenvalue weighted by molar-refractivity contribution is 7.98. The molecule has 1 fully saturated rings. The van der Waals surface area contributed by atoms with Gasteiger partial charge in [-0.1, -0.05) is 11.8 Å². The highest BCUT2D eigenvalue weighted by atomic mass is 32.2. The largest absolute Gasteiger partial charge is 0.491 e. The lowest BCUT2D eigenvalue weighted by atomic mass is 9.97. The van der Waals surface area contributed by atoms with Crippen molar-refractivity contribution in [2.24, 2.45) is 7.05 Å². The summed E-state index contributed by atoms with van der Waals surface area (Å²) in [7, 11) is 3.50. The SMILES string of the molecule is COc1c[nH]c(CSc2nnc(C3CCNCC3)n2C)cc1=O. The number of pyridine rings is 1. The first-order valence-corrected chi connectivity index (χ1v) is 8.66. The number of piperidine rings is 1. The van der Waals surface area contributed by atoms with Gasteiger partial charge in [0.05, 0.1) is 7.11 Å². The number of ether oxygens (including phenoxy) is 1. The fourth-order valence-corrected chi connectivity index (χ4v) is 3.61. The Kier molecular flexibility index (Phi) is 5.02. The van der Waals surface area contributed by atoms with Crippen LogP contribution in [0.1, 0.15) is 30.3 Å². The van der Waals surface area contributed by atoms with Gasteiger partial charge < -0.3 is 19.6 Å². The maximum Gasteiger partial charge on any atom is 0.223 e. The van der Waals surface area contributed by atoms with Crippen molar-refractivity contribution in [3.8, 4) is 5.75 Å². The molecule has 0 amide bonds. The van der Waals surface area contributed by atoms with Crippen molar-refractivity contribution < 1.29 is 4.74 Å². The number of H-pyrrole nitrogens is 1. The third kappa shape index (κ3) is 3.59. The van der Waals surface area contributed by atoms with Crippen molar-refractivity contribution in [1.82, 2.24) is 25.1 Å². The highest BCUT2D eigenvalue weighted by Gasteiger charge is 2.21. The second-order valence-corrected chi connectivity index (χ2v) is 6.55. The summed E-state index contributed by atoms with van der Waals surface area (Å²) >= 11 is 1.57. The van der Waals surface area contributed by atoms with Crippen molar-refractivity contribution in [3.63, 3.8) is 0 Å². The van der Waals surface area contributed by atoms with Gasteiger partial charge in [0.2, 0.25) is 5.43 Å². The van der Waals surface area contributed by atoms with E-state index < -0.39 is 0 Å². The van der Waals surface area contributed by atoms with Gasteiger partial charge in [-0.05, 0) is 25.9 Å². The van der Waals surface area contributed by atoms with Gasteiger partial charge in [-0.15, -0.1) is 10.2 Å². The average Bonchev–Trinajstić information content (AvgIpc) is 2.94. The molecule has 0 unspecified atom stereocenters. The molecule has 0 atom stereocenters. The molecule has 3 heterocycles. The van der Waals surface area contributed by atoms with Crippen LogP contribution in [0.2, 0.25) is 0 Å². The topological polar surface area (TPSA) is 84.8 Å². The van der Waals surface area contributed by atoms with E-state index in [2.05, 4.69) is 25.1 Å². The molecule has 0 aromatic carbocycles. The van der Waals surface area contributed by atoms with Crippen molar-refractivity contribution in [1.29, 1.82) is 0 Å². The molecule has 3 rings (SSSR count). The molecule has 8 heteroatoms. The average molecular weight is 335 g/mol. The number of aromatic amines is 1. The lowest BCUT2D eigenvalue weighted by molar-refractivity contribution is 0.408. The maximum absolute atomic E-state index is 11.8. The van der Waals surface area contributed by atoms with Crippen LogP contribution in [0, 0.1) is 0 Å². The molecule has 1 aliphatic heterocycles. The predicted molar refractivity (Wildman–Crippen MR) is 89.0 cm³/mol. The lowest BCUT2D eigenvalue weighted by Crippen LogP contribution is -2.27. The van der Waals surface area contributed by atoms with E-state index >= 15 is 0 Å². The molecule has 0 bridgehead atoms. The zero-order valence-electron chi connectivity index (χ0n) is 13.3. The highest BCUT2D eigenvalue weighted by Crippen LogP contribution is 2.27. The molecule has 2 aromatic rings. The van der Waals surface area contributed by atoms with E-state index in [-0.39, 0.29) is 5.43 Å². The van der Waals surface area contributed by atoms with Gasteiger partial charge in [0, 0.05) is 36.7 Å². The summed E-state index contributed by atoms with van der Waals surface area (Å²) < 4.78 is 7.04. The van der Waals surface area contributed by atoms with Gasteiger partial charge in [0.1, 0.15) is 5.82 Å². The monoisotopic (exact) mass is 335 g/mol. The van der Waals surface area contributed by atoms with Crippen molar-refractivity contribution in [2.45, 2.75) is 29.7 Å². The Morgan fingerprint density at radius 1 is 1.39 bits per heavy atom. The van der Waals surface area contributed by atoms with Crippen LogP contribution in [0.3, 0.4) is 0 Å². The minimum atomic E-state index is -0.116. The number of hydrogen-bond acceptors (Lipinski definition) is 6. The van der Waals surface area contributed by atoms with Crippen LogP contribution in [0.5, 0.6) is 5.75 Å². The van der Waals surface area contributed by atoms with Gasteiger partial charge >= 0.3 is 0 Å². The molecule has 124 valence electrons. The second kappa shape index (κ2) is 7.18. The molecule has 1 aliphatic rings. The predicted octanol–water partition coefficient (Wildman–Crippen LogP) is 1.27. The Labute approximate surface area is 138 Å². The standard InChI is InChI=1S/C15H21N5O2S/c1-20-14(10-3-5-16-6-4-10)18-19-15(20)23-9-11-7-12(21)13(22-2)8-17-11/h7-8,10,16H,3-6,9H2,1-2H3,(H,17,21). The van der Waals surface area contributed by atoms with Crippen LogP contribution < -0.4 is 15.5 Å². The summed E-state index contributed by atoms with van der Waals surface area (Å²) in [5.74, 6) is 2.49. The third-order valence-electron chi connectivity index (χ3n) is 4.09. The zero-order chi connectivity index (χ0) is 16.2. The van der Waals surface area contributed by atoms with Gasteiger partial charge in [0.15, 0.2) is 10.9 Å². The number of hydrogen-bond donors (Lipinski definition) is 2. The Morgan fingerprint density at radius 3 is 2.87 bits per heavy atom. The first kappa shape index (κ1) is 16.1. The molecular formula is C15H21N5O2S. The normalized spacial score (nSPS) is 15.7. The molecule has 0 spiro atoms. The third-order valence-corrected chi connectivity index (χ3v) is 5.16. The summed E-state index contributed by atoms with van der Waals surface area (Å²) in [6.07, 6.45) is 3.79. The fraction of sp³-hybridized carbons (Fsp3) is 0.533. The summed E-state index contributed by atoms with van der Waals surface area (Å²) in [6.45, 7) is 2.07. The first-order valence-electron chi connectivity index (χ1n) is 7.67. The molecule has 7 nitrogen and oxygen atoms in total. The molecular weight excluding hydrogens is 314 g/mol. The first-order chi connectivity index (χ1) is 11.2. The fourth-order valence-electron chi connectivity index (χ4n) is 2.77. The minimum Gasteiger partial charge on any atom is -0.491 e. The summed E-state index contributed by atoms with van der Waals surface area (Å²) in [4.78, 5) is 14.8. The number of thioether (sulfide) groups is 1. The molecule has 0 saturated carbocycles. The minimum absolute atomic E-state index is 0.116. The van der Waals surface area contributed by atoms with Crippen LogP contribution in [-0.2, 0) is 12.8 Å². The molecule has 2 aromatic heterocycles. The number of methoxy groups -OCH3 is 1. The molecule has 0 aliphatic carbocycles.